The average molecular weight is 329 g/mol. The number of aromatic nitrogens is 2. The van der Waals surface area contributed by atoms with Gasteiger partial charge in [-0.2, -0.15) is 4.98 Å². The molecule has 1 amide bonds. The molecule has 6 heteroatoms. The van der Waals surface area contributed by atoms with Crippen molar-refractivity contribution in [3.05, 3.63) is 47.6 Å². The molecule has 1 aromatic carbocycles. The Morgan fingerprint density at radius 1 is 1.29 bits per heavy atom. The molecule has 128 valence electrons. The van der Waals surface area contributed by atoms with Crippen molar-refractivity contribution < 1.29 is 14.1 Å². The lowest BCUT2D eigenvalue weighted by molar-refractivity contribution is -0.145. The lowest BCUT2D eigenvalue weighted by Gasteiger charge is -2.37. The van der Waals surface area contributed by atoms with E-state index in [1.807, 2.05) is 42.2 Å². The highest BCUT2D eigenvalue weighted by Crippen LogP contribution is 2.25. The van der Waals surface area contributed by atoms with E-state index in [1.54, 1.807) is 6.92 Å². The minimum absolute atomic E-state index is 0.0338. The highest BCUT2D eigenvalue weighted by Gasteiger charge is 2.28. The Bertz CT molecular complexity index is 671. The van der Waals surface area contributed by atoms with Gasteiger partial charge in [-0.1, -0.05) is 35.5 Å². The van der Waals surface area contributed by atoms with Crippen LogP contribution in [0.1, 0.15) is 43.1 Å². The van der Waals surface area contributed by atoms with Gasteiger partial charge in [0.1, 0.15) is 6.10 Å². The van der Waals surface area contributed by atoms with Crippen molar-refractivity contribution in [1.29, 1.82) is 0 Å². The third-order valence-corrected chi connectivity index (χ3v) is 4.14. The van der Waals surface area contributed by atoms with Gasteiger partial charge in [-0.15, -0.1) is 0 Å². The van der Waals surface area contributed by atoms with Gasteiger partial charge < -0.3 is 14.2 Å². The van der Waals surface area contributed by atoms with Crippen LogP contribution in [-0.2, 0) is 16.0 Å². The van der Waals surface area contributed by atoms with Crippen molar-refractivity contribution in [2.24, 2.45) is 0 Å². The Morgan fingerprint density at radius 2 is 2.08 bits per heavy atom. The summed E-state index contributed by atoms with van der Waals surface area (Å²) in [4.78, 5) is 18.6. The van der Waals surface area contributed by atoms with Gasteiger partial charge in [0.25, 0.3) is 0 Å². The minimum atomic E-state index is -0.0579. The number of rotatable bonds is 5. The van der Waals surface area contributed by atoms with E-state index in [1.165, 1.54) is 0 Å². The van der Waals surface area contributed by atoms with E-state index in [0.717, 1.165) is 5.56 Å². The monoisotopic (exact) mass is 329 g/mol. The fourth-order valence-corrected chi connectivity index (χ4v) is 3.00. The Kier molecular flexibility index (Phi) is 5.25. The van der Waals surface area contributed by atoms with Crippen LogP contribution in [0.25, 0.3) is 0 Å². The Labute approximate surface area is 141 Å². The van der Waals surface area contributed by atoms with Crippen molar-refractivity contribution in [3.8, 4) is 0 Å². The molecule has 0 radical (unpaired) electrons. The predicted octanol–water partition coefficient (Wildman–Crippen LogP) is 2.69. The Morgan fingerprint density at radius 3 is 2.79 bits per heavy atom. The molecule has 1 aliphatic heterocycles. The van der Waals surface area contributed by atoms with E-state index in [-0.39, 0.29) is 18.1 Å². The second kappa shape index (κ2) is 7.57. The van der Waals surface area contributed by atoms with E-state index in [9.17, 15) is 4.79 Å². The molecular weight excluding hydrogens is 306 g/mol. The van der Waals surface area contributed by atoms with Gasteiger partial charge in [0, 0.05) is 19.4 Å². The van der Waals surface area contributed by atoms with Crippen LogP contribution in [0.4, 0.5) is 0 Å². The third-order valence-electron chi connectivity index (χ3n) is 4.14. The fourth-order valence-electron chi connectivity index (χ4n) is 3.00. The minimum Gasteiger partial charge on any atom is -0.367 e. The topological polar surface area (TPSA) is 68.5 Å². The number of nitrogens with zero attached hydrogens (tertiary/aromatic N) is 3. The van der Waals surface area contributed by atoms with Crippen LogP contribution in [0, 0.1) is 6.92 Å². The largest absolute Gasteiger partial charge is 0.367 e. The number of aryl methyl sites for hydroxylation is 2. The van der Waals surface area contributed by atoms with Gasteiger partial charge in [0.15, 0.2) is 5.82 Å². The Balaban J connectivity index is 1.53. The summed E-state index contributed by atoms with van der Waals surface area (Å²) in [6.07, 6.45) is 1.80. The van der Waals surface area contributed by atoms with Gasteiger partial charge >= 0.3 is 0 Å². The van der Waals surface area contributed by atoms with Crippen molar-refractivity contribution >= 4 is 5.91 Å². The maximum Gasteiger partial charge on any atom is 0.226 e. The number of benzene rings is 1. The molecule has 0 saturated carbocycles. The molecule has 1 aliphatic rings. The molecule has 2 heterocycles. The molecule has 1 fully saturated rings. The zero-order valence-electron chi connectivity index (χ0n) is 14.1. The van der Waals surface area contributed by atoms with Crippen molar-refractivity contribution in [2.45, 2.75) is 45.3 Å². The highest BCUT2D eigenvalue weighted by atomic mass is 16.5. The van der Waals surface area contributed by atoms with Crippen LogP contribution in [0.2, 0.25) is 0 Å². The maximum absolute atomic E-state index is 12.5. The quantitative estimate of drug-likeness (QED) is 0.843. The molecule has 0 N–H and O–H groups in total. The van der Waals surface area contributed by atoms with Crippen LogP contribution >= 0.6 is 0 Å². The first kappa shape index (κ1) is 16.6. The average Bonchev–Trinajstić information content (AvgIpc) is 3.00. The zero-order valence-corrected chi connectivity index (χ0v) is 14.1. The molecule has 6 nitrogen and oxygen atoms in total. The van der Waals surface area contributed by atoms with Crippen molar-refractivity contribution in [1.82, 2.24) is 15.0 Å². The van der Waals surface area contributed by atoms with Gasteiger partial charge in [0.05, 0.1) is 12.6 Å². The predicted molar refractivity (Wildman–Crippen MR) is 88.3 cm³/mol. The van der Waals surface area contributed by atoms with Gasteiger partial charge in [-0.3, -0.25) is 4.79 Å². The van der Waals surface area contributed by atoms with Gasteiger partial charge in [0.2, 0.25) is 11.8 Å². The van der Waals surface area contributed by atoms with Gasteiger partial charge in [-0.25, -0.2) is 0 Å². The fraction of sp³-hybridized carbons (Fsp3) is 0.500. The molecule has 3 rings (SSSR count). The summed E-state index contributed by atoms with van der Waals surface area (Å²) in [7, 11) is 0. The van der Waals surface area contributed by atoms with E-state index in [4.69, 9.17) is 9.26 Å². The van der Waals surface area contributed by atoms with E-state index in [0.29, 0.717) is 44.1 Å². The lowest BCUT2D eigenvalue weighted by Crippen LogP contribution is -2.45. The normalized spacial score (nSPS) is 21.0. The standard InChI is InChI=1S/C18H23N3O3/c1-13-11-21(12-16(23-13)15-7-4-3-5-8-15)18(22)10-6-9-17-19-14(2)20-24-17/h3-5,7-8,13,16H,6,9-12H2,1-2H3/t13-,16+/m1/s1. The maximum atomic E-state index is 12.5. The van der Waals surface area contributed by atoms with Crippen LogP contribution in [-0.4, -0.2) is 40.1 Å². The van der Waals surface area contributed by atoms with Crippen LogP contribution in [0.5, 0.6) is 0 Å². The van der Waals surface area contributed by atoms with E-state index < -0.39 is 0 Å². The molecule has 1 aromatic heterocycles. The second-order valence-corrected chi connectivity index (χ2v) is 6.23. The summed E-state index contributed by atoms with van der Waals surface area (Å²) >= 11 is 0. The zero-order chi connectivity index (χ0) is 16.9. The summed E-state index contributed by atoms with van der Waals surface area (Å²) < 4.78 is 11.1. The number of hydrogen-bond acceptors (Lipinski definition) is 5. The number of ether oxygens (including phenoxy) is 1. The van der Waals surface area contributed by atoms with Crippen LogP contribution < -0.4 is 0 Å². The smallest absolute Gasteiger partial charge is 0.226 e. The van der Waals surface area contributed by atoms with Crippen molar-refractivity contribution in [3.63, 3.8) is 0 Å². The number of morpholine rings is 1. The Hall–Kier alpha value is -2.21. The summed E-state index contributed by atoms with van der Waals surface area (Å²) in [6.45, 7) is 5.04. The number of hydrogen-bond donors (Lipinski definition) is 0. The molecule has 0 bridgehead atoms. The molecule has 1 saturated heterocycles. The number of amides is 1. The van der Waals surface area contributed by atoms with Crippen LogP contribution in [0.15, 0.2) is 34.9 Å². The molecule has 0 aliphatic carbocycles. The SMILES string of the molecule is Cc1noc(CCCC(=O)N2C[C@@H](C)O[C@H](c3ccccc3)C2)n1. The van der Waals surface area contributed by atoms with Crippen molar-refractivity contribution in [2.75, 3.05) is 13.1 Å². The molecular formula is C18H23N3O3. The first-order valence-electron chi connectivity index (χ1n) is 8.39. The summed E-state index contributed by atoms with van der Waals surface area (Å²) in [6, 6.07) is 10.1. The van der Waals surface area contributed by atoms with E-state index >= 15 is 0 Å². The van der Waals surface area contributed by atoms with E-state index in [2.05, 4.69) is 10.1 Å². The first-order chi connectivity index (χ1) is 11.6. The molecule has 2 atom stereocenters. The third kappa shape index (κ3) is 4.20. The molecule has 2 aromatic rings. The highest BCUT2D eigenvalue weighted by molar-refractivity contribution is 5.76. The summed E-state index contributed by atoms with van der Waals surface area (Å²) in [5, 5.41) is 3.76. The molecule has 0 unspecified atom stereocenters. The molecule has 0 spiro atoms. The summed E-state index contributed by atoms with van der Waals surface area (Å²) in [5.41, 5.74) is 1.11. The van der Waals surface area contributed by atoms with Gasteiger partial charge in [-0.05, 0) is 25.8 Å². The summed E-state index contributed by atoms with van der Waals surface area (Å²) in [5.74, 6) is 1.38. The first-order valence-corrected chi connectivity index (χ1v) is 8.39. The molecule has 24 heavy (non-hydrogen) atoms. The number of carbonyl (C=O) groups is 1. The number of carbonyl (C=O) groups excluding carboxylic acids is 1. The second-order valence-electron chi connectivity index (χ2n) is 6.23. The lowest BCUT2D eigenvalue weighted by atomic mass is 10.1. The van der Waals surface area contributed by atoms with Crippen LogP contribution in [0.3, 0.4) is 0 Å².